The summed E-state index contributed by atoms with van der Waals surface area (Å²) < 4.78 is 0. The van der Waals surface area contributed by atoms with Crippen LogP contribution in [0.25, 0.3) is 33.5 Å². The minimum Gasteiger partial charge on any atom is -0.228 e. The van der Waals surface area contributed by atoms with Gasteiger partial charge in [0.25, 0.3) is 0 Å². The number of rotatable bonds is 2. The number of hydrogen-bond donors (Lipinski definition) is 0. The number of aromatic nitrogens is 2. The second-order valence-corrected chi connectivity index (χ2v) is 5.65. The van der Waals surface area contributed by atoms with Crippen molar-refractivity contribution in [1.82, 2.24) is 9.97 Å². The maximum absolute atomic E-state index is 4.86. The third kappa shape index (κ3) is 2.59. The maximum atomic E-state index is 4.86. The fourth-order valence-corrected chi connectivity index (χ4v) is 2.72. The molecule has 110 valence electrons. The van der Waals surface area contributed by atoms with Crippen LogP contribution in [0.15, 0.2) is 78.9 Å². The average Bonchev–Trinajstić information content (AvgIpc) is 2.62. The highest BCUT2D eigenvalue weighted by Crippen LogP contribution is 2.29. The van der Waals surface area contributed by atoms with E-state index in [9.17, 15) is 0 Å². The quantitative estimate of drug-likeness (QED) is 0.503. The first-order valence-electron chi connectivity index (χ1n) is 7.70. The predicted molar refractivity (Wildman–Crippen MR) is 95.1 cm³/mol. The van der Waals surface area contributed by atoms with Crippen LogP contribution in [-0.2, 0) is 0 Å². The number of benzene rings is 3. The second-order valence-electron chi connectivity index (χ2n) is 5.65. The zero-order valence-electron chi connectivity index (χ0n) is 12.9. The summed E-state index contributed by atoms with van der Waals surface area (Å²) in [6.45, 7) is 2.09. The van der Waals surface area contributed by atoms with E-state index in [4.69, 9.17) is 9.97 Å². The van der Waals surface area contributed by atoms with Crippen molar-refractivity contribution < 1.29 is 0 Å². The molecule has 0 radical (unpaired) electrons. The number of para-hydroxylation sites is 1. The lowest BCUT2D eigenvalue weighted by Gasteiger charge is -2.09. The molecule has 2 nitrogen and oxygen atoms in total. The molecule has 0 saturated heterocycles. The summed E-state index contributed by atoms with van der Waals surface area (Å²) in [5.74, 6) is 0.764. The van der Waals surface area contributed by atoms with Crippen molar-refractivity contribution in [2.45, 2.75) is 6.92 Å². The van der Waals surface area contributed by atoms with Crippen LogP contribution in [0.2, 0.25) is 0 Å². The first-order valence-corrected chi connectivity index (χ1v) is 7.70. The van der Waals surface area contributed by atoms with E-state index in [1.165, 1.54) is 5.56 Å². The van der Waals surface area contributed by atoms with Gasteiger partial charge in [0.05, 0.1) is 11.2 Å². The molecule has 0 bridgehead atoms. The van der Waals surface area contributed by atoms with Crippen molar-refractivity contribution in [2.75, 3.05) is 0 Å². The van der Waals surface area contributed by atoms with Crippen molar-refractivity contribution in [3.63, 3.8) is 0 Å². The van der Waals surface area contributed by atoms with Gasteiger partial charge in [-0.25, -0.2) is 9.97 Å². The molecule has 0 atom stereocenters. The Balaban J connectivity index is 2.00. The summed E-state index contributed by atoms with van der Waals surface area (Å²) in [6.07, 6.45) is 0. The molecule has 1 heterocycles. The summed E-state index contributed by atoms with van der Waals surface area (Å²) >= 11 is 0. The smallest absolute Gasteiger partial charge is 0.160 e. The first-order chi connectivity index (χ1) is 11.3. The lowest BCUT2D eigenvalue weighted by molar-refractivity contribution is 1.23. The Morgan fingerprint density at radius 1 is 0.609 bits per heavy atom. The van der Waals surface area contributed by atoms with Gasteiger partial charge < -0.3 is 0 Å². The lowest BCUT2D eigenvalue weighted by atomic mass is 10.0. The highest BCUT2D eigenvalue weighted by molar-refractivity contribution is 5.93. The Labute approximate surface area is 135 Å². The second kappa shape index (κ2) is 5.65. The van der Waals surface area contributed by atoms with Crippen molar-refractivity contribution in [3.8, 4) is 22.6 Å². The molecular formula is C21H16N2. The first kappa shape index (κ1) is 13.6. The average molecular weight is 296 g/mol. The minimum absolute atomic E-state index is 0.764. The summed E-state index contributed by atoms with van der Waals surface area (Å²) in [7, 11) is 0. The Hall–Kier alpha value is -3.00. The summed E-state index contributed by atoms with van der Waals surface area (Å²) in [5.41, 5.74) is 5.35. The normalized spacial score (nSPS) is 10.8. The van der Waals surface area contributed by atoms with E-state index in [1.807, 2.05) is 48.5 Å². The van der Waals surface area contributed by atoms with Gasteiger partial charge in [-0.2, -0.15) is 0 Å². The van der Waals surface area contributed by atoms with Crippen LogP contribution in [0.1, 0.15) is 5.56 Å². The van der Waals surface area contributed by atoms with E-state index in [1.54, 1.807) is 0 Å². The Morgan fingerprint density at radius 3 is 2.09 bits per heavy atom. The molecule has 0 aliphatic heterocycles. The third-order valence-corrected chi connectivity index (χ3v) is 3.96. The van der Waals surface area contributed by atoms with Crippen LogP contribution in [0.5, 0.6) is 0 Å². The third-order valence-electron chi connectivity index (χ3n) is 3.96. The lowest BCUT2D eigenvalue weighted by Crippen LogP contribution is -1.95. The summed E-state index contributed by atoms with van der Waals surface area (Å²) in [5, 5.41) is 1.08. The molecule has 3 aromatic carbocycles. The fraction of sp³-hybridized carbons (Fsp3) is 0.0476. The van der Waals surface area contributed by atoms with E-state index >= 15 is 0 Å². The van der Waals surface area contributed by atoms with E-state index in [0.29, 0.717) is 0 Å². The topological polar surface area (TPSA) is 25.8 Å². The SMILES string of the molecule is Cc1ccc(-c2nc(-c3ccccc3)nc3ccccc23)cc1. The van der Waals surface area contributed by atoms with Gasteiger partial charge in [0.15, 0.2) is 5.82 Å². The van der Waals surface area contributed by atoms with Crippen LogP contribution in [0.3, 0.4) is 0 Å². The molecule has 0 unspecified atom stereocenters. The molecule has 0 saturated carbocycles. The largest absolute Gasteiger partial charge is 0.228 e. The molecule has 2 heteroatoms. The van der Waals surface area contributed by atoms with Crippen molar-refractivity contribution in [1.29, 1.82) is 0 Å². The van der Waals surface area contributed by atoms with E-state index in [2.05, 4.69) is 37.3 Å². The minimum atomic E-state index is 0.764. The van der Waals surface area contributed by atoms with Crippen LogP contribution in [0.4, 0.5) is 0 Å². The van der Waals surface area contributed by atoms with Gasteiger partial charge >= 0.3 is 0 Å². The molecule has 0 amide bonds. The number of aryl methyl sites for hydroxylation is 1. The van der Waals surface area contributed by atoms with Gasteiger partial charge in [-0.05, 0) is 13.0 Å². The Bertz CT molecular complexity index is 958. The van der Waals surface area contributed by atoms with Gasteiger partial charge in [-0.15, -0.1) is 0 Å². The molecule has 0 spiro atoms. The van der Waals surface area contributed by atoms with Gasteiger partial charge in [0.2, 0.25) is 0 Å². The molecule has 0 N–H and O–H groups in total. The highest BCUT2D eigenvalue weighted by Gasteiger charge is 2.10. The fourth-order valence-electron chi connectivity index (χ4n) is 2.72. The standard InChI is InChI=1S/C21H16N2/c1-15-11-13-16(14-12-15)20-18-9-5-6-10-19(18)22-21(23-20)17-7-3-2-4-8-17/h2-14H,1H3. The molecular weight excluding hydrogens is 280 g/mol. The Morgan fingerprint density at radius 2 is 1.30 bits per heavy atom. The van der Waals surface area contributed by atoms with Crippen LogP contribution in [0, 0.1) is 6.92 Å². The molecule has 0 fully saturated rings. The van der Waals surface area contributed by atoms with Gasteiger partial charge in [0, 0.05) is 16.5 Å². The summed E-state index contributed by atoms with van der Waals surface area (Å²) in [6, 6.07) is 26.8. The van der Waals surface area contributed by atoms with E-state index < -0.39 is 0 Å². The number of hydrogen-bond acceptors (Lipinski definition) is 2. The van der Waals surface area contributed by atoms with Crippen LogP contribution < -0.4 is 0 Å². The number of nitrogens with zero attached hydrogens (tertiary/aromatic N) is 2. The van der Waals surface area contributed by atoms with Gasteiger partial charge in [-0.3, -0.25) is 0 Å². The van der Waals surface area contributed by atoms with Crippen molar-refractivity contribution in [2.24, 2.45) is 0 Å². The molecule has 4 rings (SSSR count). The maximum Gasteiger partial charge on any atom is 0.160 e. The summed E-state index contributed by atoms with van der Waals surface area (Å²) in [4.78, 5) is 9.60. The molecule has 0 aliphatic rings. The van der Waals surface area contributed by atoms with Gasteiger partial charge in [-0.1, -0.05) is 78.4 Å². The Kier molecular flexibility index (Phi) is 3.35. The van der Waals surface area contributed by atoms with E-state index in [0.717, 1.165) is 33.5 Å². The molecule has 1 aromatic heterocycles. The van der Waals surface area contributed by atoms with Crippen LogP contribution >= 0.6 is 0 Å². The zero-order chi connectivity index (χ0) is 15.6. The van der Waals surface area contributed by atoms with Crippen LogP contribution in [-0.4, -0.2) is 9.97 Å². The van der Waals surface area contributed by atoms with E-state index in [-0.39, 0.29) is 0 Å². The van der Waals surface area contributed by atoms with Crippen molar-refractivity contribution in [3.05, 3.63) is 84.4 Å². The molecule has 4 aromatic rings. The molecule has 0 aliphatic carbocycles. The highest BCUT2D eigenvalue weighted by atomic mass is 14.9. The predicted octanol–water partition coefficient (Wildman–Crippen LogP) is 5.27. The van der Waals surface area contributed by atoms with Gasteiger partial charge in [0.1, 0.15) is 0 Å². The monoisotopic (exact) mass is 296 g/mol. The number of fused-ring (bicyclic) bond motifs is 1. The molecule has 23 heavy (non-hydrogen) atoms. The van der Waals surface area contributed by atoms with Crippen molar-refractivity contribution >= 4 is 10.9 Å². The zero-order valence-corrected chi connectivity index (χ0v) is 12.9.